The molecule has 2 aromatic carbocycles. The highest BCUT2D eigenvalue weighted by Gasteiger charge is 2.45. The Morgan fingerprint density at radius 2 is 1.70 bits per heavy atom. The number of hydrogen-bond donors (Lipinski definition) is 4. The molecule has 0 spiro atoms. The molecule has 4 N–H and O–H groups in total. The van der Waals surface area contributed by atoms with Crippen LogP contribution in [0.2, 0.25) is 0 Å². The van der Waals surface area contributed by atoms with E-state index >= 15 is 0 Å². The van der Waals surface area contributed by atoms with Crippen LogP contribution >= 0.6 is 23.0 Å². The maximum Gasteiger partial charge on any atom is 0.229 e. The van der Waals surface area contributed by atoms with Gasteiger partial charge in [-0.1, -0.05) is 24.3 Å². The Morgan fingerprint density at radius 3 is 2.33 bits per heavy atom. The predicted octanol–water partition coefficient (Wildman–Crippen LogP) is 2.04. The predicted molar refractivity (Wildman–Crippen MR) is 111 cm³/mol. The Kier molecular flexibility index (Phi) is 7.60. The summed E-state index contributed by atoms with van der Waals surface area (Å²) >= 11 is 1.74. The molecule has 30 heavy (non-hydrogen) atoms. The molecule has 1 saturated heterocycles. The van der Waals surface area contributed by atoms with Gasteiger partial charge < -0.3 is 33.0 Å². The lowest BCUT2D eigenvalue weighted by molar-refractivity contribution is -0.277. The highest BCUT2D eigenvalue weighted by Crippen LogP contribution is 2.31. The molecule has 0 aliphatic carbocycles. The minimum Gasteiger partial charge on any atom is -0.458 e. The van der Waals surface area contributed by atoms with Crippen LogP contribution in [0.1, 0.15) is 11.1 Å². The third kappa shape index (κ3) is 5.07. The average Bonchev–Trinajstić information content (AvgIpc) is 2.74. The second-order valence-corrected chi connectivity index (χ2v) is 7.04. The highest BCUT2D eigenvalue weighted by molar-refractivity contribution is 14.1. The third-order valence-electron chi connectivity index (χ3n) is 4.54. The van der Waals surface area contributed by atoms with Crippen molar-refractivity contribution in [2.75, 3.05) is 6.61 Å². The van der Waals surface area contributed by atoms with E-state index < -0.39 is 54.7 Å². The molecule has 162 valence electrons. The van der Waals surface area contributed by atoms with E-state index in [0.29, 0.717) is 11.8 Å². The molecule has 5 atom stereocenters. The quantitative estimate of drug-likeness (QED) is 0.331. The van der Waals surface area contributed by atoms with Crippen molar-refractivity contribution >= 4 is 35.2 Å². The van der Waals surface area contributed by atoms with Gasteiger partial charge in [-0.15, -0.1) is 0 Å². The Balaban J connectivity index is 1.88. The standard InChI is InChI=1S/C20H19F2IO7/c21-12-7-11(4-1-10-2-5-13(30-23)6-3-10)19(14(22)8-12)29-20-18(27)17(26)16(25)15(9-24)28-20/h1-8,15-18,20,24-27H,9H2/b4-1+/t15-,16-,17+,18-,20+/m1/s1. The van der Waals surface area contributed by atoms with Gasteiger partial charge in [-0.2, -0.15) is 0 Å². The number of benzene rings is 2. The molecule has 0 aromatic heterocycles. The summed E-state index contributed by atoms with van der Waals surface area (Å²) < 4.78 is 43.9. The molecule has 1 aliphatic heterocycles. The Labute approximate surface area is 184 Å². The van der Waals surface area contributed by atoms with Crippen molar-refractivity contribution < 1.29 is 41.7 Å². The van der Waals surface area contributed by atoms with E-state index in [1.165, 1.54) is 6.08 Å². The number of aliphatic hydroxyl groups excluding tert-OH is 4. The van der Waals surface area contributed by atoms with Crippen LogP contribution < -0.4 is 7.80 Å². The minimum absolute atomic E-state index is 0.0127. The first-order chi connectivity index (χ1) is 14.3. The molecule has 0 bridgehead atoms. The Morgan fingerprint density at radius 1 is 1.00 bits per heavy atom. The van der Waals surface area contributed by atoms with E-state index in [4.69, 9.17) is 12.5 Å². The van der Waals surface area contributed by atoms with Crippen LogP contribution in [0.15, 0.2) is 36.4 Å². The topological polar surface area (TPSA) is 109 Å². The molecule has 1 heterocycles. The van der Waals surface area contributed by atoms with Gasteiger partial charge in [-0.05, 0) is 23.8 Å². The van der Waals surface area contributed by atoms with Crippen molar-refractivity contribution in [3.63, 3.8) is 0 Å². The zero-order valence-corrected chi connectivity index (χ0v) is 17.5. The molecule has 1 aliphatic rings. The molecule has 3 rings (SSSR count). The molecule has 1 fully saturated rings. The van der Waals surface area contributed by atoms with Gasteiger partial charge in [0.1, 0.15) is 36.0 Å². The van der Waals surface area contributed by atoms with Gasteiger partial charge in [0.15, 0.2) is 34.6 Å². The van der Waals surface area contributed by atoms with Crippen LogP contribution in [-0.2, 0) is 4.74 Å². The first-order valence-corrected chi connectivity index (χ1v) is 9.75. The largest absolute Gasteiger partial charge is 0.458 e. The maximum absolute atomic E-state index is 14.5. The molecule has 0 saturated carbocycles. The fourth-order valence-corrected chi connectivity index (χ4v) is 3.22. The van der Waals surface area contributed by atoms with E-state index in [2.05, 4.69) is 0 Å². The van der Waals surface area contributed by atoms with Gasteiger partial charge in [0.2, 0.25) is 6.29 Å². The van der Waals surface area contributed by atoms with Gasteiger partial charge in [0, 0.05) is 11.6 Å². The molecule has 0 amide bonds. The molecule has 2 aromatic rings. The molecular formula is C20H19F2IO7. The van der Waals surface area contributed by atoms with Crippen molar-refractivity contribution in [2.24, 2.45) is 0 Å². The van der Waals surface area contributed by atoms with E-state index in [-0.39, 0.29) is 5.56 Å². The summed E-state index contributed by atoms with van der Waals surface area (Å²) in [5, 5.41) is 39.1. The minimum atomic E-state index is -1.73. The summed E-state index contributed by atoms with van der Waals surface area (Å²) in [6.45, 7) is -0.666. The number of hydrogen-bond acceptors (Lipinski definition) is 7. The summed E-state index contributed by atoms with van der Waals surface area (Å²) in [4.78, 5) is 0. The van der Waals surface area contributed by atoms with Crippen LogP contribution in [0, 0.1) is 11.6 Å². The summed E-state index contributed by atoms with van der Waals surface area (Å²) in [6.07, 6.45) is -4.84. The van der Waals surface area contributed by atoms with Gasteiger partial charge in [0.25, 0.3) is 0 Å². The van der Waals surface area contributed by atoms with E-state index in [1.807, 2.05) is 0 Å². The summed E-state index contributed by atoms with van der Waals surface area (Å²) in [6, 6.07) is 8.52. The molecule has 7 nitrogen and oxygen atoms in total. The van der Waals surface area contributed by atoms with E-state index in [9.17, 15) is 29.2 Å². The number of rotatable bonds is 6. The van der Waals surface area contributed by atoms with Crippen molar-refractivity contribution in [3.05, 3.63) is 59.2 Å². The summed E-state index contributed by atoms with van der Waals surface area (Å²) in [5.74, 6) is -1.69. The van der Waals surface area contributed by atoms with Crippen molar-refractivity contribution in [3.8, 4) is 11.5 Å². The number of ether oxygens (including phenoxy) is 2. The maximum atomic E-state index is 14.5. The average molecular weight is 536 g/mol. The fraction of sp³-hybridized carbons (Fsp3) is 0.300. The lowest BCUT2D eigenvalue weighted by Gasteiger charge is -2.39. The second kappa shape index (κ2) is 9.98. The first kappa shape index (κ1) is 22.8. The number of halogens is 3. The lowest BCUT2D eigenvalue weighted by Crippen LogP contribution is -2.60. The second-order valence-electron chi connectivity index (χ2n) is 6.60. The van der Waals surface area contributed by atoms with Crippen LogP contribution in [0.4, 0.5) is 8.78 Å². The first-order valence-electron chi connectivity index (χ1n) is 8.87. The molecular weight excluding hydrogens is 517 g/mol. The monoisotopic (exact) mass is 536 g/mol. The van der Waals surface area contributed by atoms with Crippen LogP contribution in [0.25, 0.3) is 12.2 Å². The summed E-state index contributed by atoms with van der Waals surface area (Å²) in [5.41, 5.74) is 0.731. The normalized spacial score (nSPS) is 26.7. The Bertz CT molecular complexity index is 891. The highest BCUT2D eigenvalue weighted by atomic mass is 127. The van der Waals surface area contributed by atoms with E-state index in [1.54, 1.807) is 53.3 Å². The van der Waals surface area contributed by atoms with Crippen LogP contribution in [0.5, 0.6) is 11.5 Å². The third-order valence-corrected chi connectivity index (χ3v) is 5.05. The van der Waals surface area contributed by atoms with Crippen LogP contribution in [0.3, 0.4) is 0 Å². The van der Waals surface area contributed by atoms with Crippen molar-refractivity contribution in [1.29, 1.82) is 0 Å². The molecule has 0 radical (unpaired) electrons. The number of aliphatic hydroxyl groups is 4. The van der Waals surface area contributed by atoms with Gasteiger partial charge >= 0.3 is 0 Å². The molecule has 10 heteroatoms. The molecule has 0 unspecified atom stereocenters. The zero-order chi connectivity index (χ0) is 21.8. The fourth-order valence-electron chi connectivity index (χ4n) is 2.93. The van der Waals surface area contributed by atoms with Gasteiger partial charge in [-0.25, -0.2) is 8.78 Å². The lowest BCUT2D eigenvalue weighted by atomic mass is 9.99. The van der Waals surface area contributed by atoms with Crippen molar-refractivity contribution in [1.82, 2.24) is 0 Å². The Hall–Kier alpha value is -1.83. The smallest absolute Gasteiger partial charge is 0.229 e. The SMILES string of the molecule is OC[C@H]1O[C@@H](Oc2c(F)cc(F)cc2/C=C/c2ccc(OI)cc2)[C@H](O)[C@@H](O)[C@@H]1O. The summed E-state index contributed by atoms with van der Waals surface area (Å²) in [7, 11) is 0. The van der Waals surface area contributed by atoms with Crippen LogP contribution in [-0.4, -0.2) is 57.7 Å². The van der Waals surface area contributed by atoms with Gasteiger partial charge in [-0.3, -0.25) is 0 Å². The van der Waals surface area contributed by atoms with E-state index in [0.717, 1.165) is 11.6 Å². The zero-order valence-electron chi connectivity index (χ0n) is 15.4. The van der Waals surface area contributed by atoms with Gasteiger partial charge in [0.05, 0.1) is 6.61 Å². The van der Waals surface area contributed by atoms with Crippen molar-refractivity contribution in [2.45, 2.75) is 30.7 Å².